The molecule has 0 spiro atoms. The van der Waals surface area contributed by atoms with Gasteiger partial charge in [-0.3, -0.25) is 0 Å². The lowest BCUT2D eigenvalue weighted by atomic mass is 10.1. The maximum Gasteiger partial charge on any atom is 0.224 e. The van der Waals surface area contributed by atoms with Crippen LogP contribution < -0.4 is 10.6 Å². The van der Waals surface area contributed by atoms with Crippen LogP contribution in [0.25, 0.3) is 10.9 Å². The Balaban J connectivity index is 1.49. The average Bonchev–Trinajstić information content (AvgIpc) is 3.10. The number of nitrogens with zero attached hydrogens (tertiary/aromatic N) is 2. The second-order valence-electron chi connectivity index (χ2n) is 4.79. The predicted molar refractivity (Wildman–Crippen MR) is 80.5 cm³/mol. The second-order valence-corrected chi connectivity index (χ2v) is 4.79. The Morgan fingerprint density at radius 1 is 1.00 bits per heavy atom. The molecule has 1 aliphatic rings. The number of guanidine groups is 1. The van der Waals surface area contributed by atoms with E-state index in [9.17, 15) is 0 Å². The highest BCUT2D eigenvalue weighted by molar-refractivity contribution is 5.94. The number of rotatable bonds is 2. The summed E-state index contributed by atoms with van der Waals surface area (Å²) in [5.74, 6) is 0.681. The molecule has 0 unspecified atom stereocenters. The molecule has 97 valence electrons. The van der Waals surface area contributed by atoms with E-state index in [1.165, 1.54) is 10.9 Å². The topological polar surface area (TPSA) is 54.3 Å². The second kappa shape index (κ2) is 4.42. The van der Waals surface area contributed by atoms with Crippen molar-refractivity contribution in [3.8, 4) is 0 Å². The predicted octanol–water partition coefficient (Wildman–Crippen LogP) is 3.19. The molecular formula is C16H13N4. The number of aromatic nitrogens is 1. The molecule has 0 aliphatic carbocycles. The Bertz CT molecular complexity index is 801. The van der Waals surface area contributed by atoms with Gasteiger partial charge < -0.3 is 10.3 Å². The molecule has 2 heterocycles. The van der Waals surface area contributed by atoms with Gasteiger partial charge in [-0.15, -0.1) is 0 Å². The lowest BCUT2D eigenvalue weighted by Gasteiger charge is -2.05. The number of aliphatic imine (C=N–C) groups is 1. The van der Waals surface area contributed by atoms with Crippen molar-refractivity contribution in [1.29, 1.82) is 0 Å². The normalized spacial score (nSPS) is 12.9. The number of aromatic amines is 1. The minimum Gasteiger partial charge on any atom is -0.361 e. The van der Waals surface area contributed by atoms with Gasteiger partial charge in [0, 0.05) is 18.3 Å². The number of H-pyrrole nitrogens is 1. The Morgan fingerprint density at radius 3 is 2.80 bits per heavy atom. The lowest BCUT2D eigenvalue weighted by molar-refractivity contribution is 0.890. The molecule has 0 saturated heterocycles. The highest BCUT2D eigenvalue weighted by atomic mass is 15.2. The number of fused-ring (bicyclic) bond motifs is 2. The fourth-order valence-electron chi connectivity index (χ4n) is 2.38. The molecule has 4 heteroatoms. The molecule has 2 aromatic carbocycles. The first-order chi connectivity index (χ1) is 9.88. The van der Waals surface area contributed by atoms with Crippen molar-refractivity contribution in [3.63, 3.8) is 0 Å². The smallest absolute Gasteiger partial charge is 0.224 e. The van der Waals surface area contributed by atoms with E-state index in [1.54, 1.807) is 0 Å². The first-order valence-electron chi connectivity index (χ1n) is 6.58. The number of hydrogen-bond donors (Lipinski definition) is 2. The number of benzene rings is 2. The number of hydrogen-bond acceptors (Lipinski definition) is 2. The van der Waals surface area contributed by atoms with E-state index in [4.69, 9.17) is 0 Å². The van der Waals surface area contributed by atoms with Crippen LogP contribution in [0.15, 0.2) is 59.7 Å². The summed E-state index contributed by atoms with van der Waals surface area (Å²) in [6.45, 7) is 0.720. The Labute approximate surface area is 116 Å². The molecule has 0 fully saturated rings. The van der Waals surface area contributed by atoms with E-state index in [0.717, 1.165) is 23.4 Å². The van der Waals surface area contributed by atoms with Crippen LogP contribution in [0.4, 0.5) is 11.4 Å². The molecule has 0 atom stereocenters. The number of nitrogens with one attached hydrogen (secondary N) is 2. The summed E-state index contributed by atoms with van der Waals surface area (Å²) in [5, 5.41) is 8.95. The van der Waals surface area contributed by atoms with Gasteiger partial charge in [-0.2, -0.15) is 0 Å². The van der Waals surface area contributed by atoms with Crippen molar-refractivity contribution < 1.29 is 0 Å². The fourth-order valence-corrected chi connectivity index (χ4v) is 2.38. The van der Waals surface area contributed by atoms with Gasteiger partial charge in [0.15, 0.2) is 0 Å². The highest BCUT2D eigenvalue weighted by Gasteiger charge is 2.14. The molecule has 0 bridgehead atoms. The summed E-state index contributed by atoms with van der Waals surface area (Å²) < 4.78 is 0. The lowest BCUT2D eigenvalue weighted by Crippen LogP contribution is -2.27. The van der Waals surface area contributed by atoms with Crippen LogP contribution in [0.2, 0.25) is 0 Å². The average molecular weight is 261 g/mol. The van der Waals surface area contributed by atoms with Crippen molar-refractivity contribution in [2.45, 2.75) is 6.54 Å². The van der Waals surface area contributed by atoms with Gasteiger partial charge in [0.1, 0.15) is 0 Å². The third-order valence-corrected chi connectivity index (χ3v) is 3.40. The monoisotopic (exact) mass is 261 g/mol. The van der Waals surface area contributed by atoms with E-state index in [1.807, 2.05) is 30.5 Å². The van der Waals surface area contributed by atoms with Crippen molar-refractivity contribution >= 4 is 28.2 Å². The zero-order chi connectivity index (χ0) is 13.4. The van der Waals surface area contributed by atoms with E-state index in [0.29, 0.717) is 5.96 Å². The van der Waals surface area contributed by atoms with Gasteiger partial charge in [-0.25, -0.2) is 10.3 Å². The summed E-state index contributed by atoms with van der Waals surface area (Å²) in [7, 11) is 0. The zero-order valence-corrected chi connectivity index (χ0v) is 10.8. The summed E-state index contributed by atoms with van der Waals surface area (Å²) in [6, 6.07) is 16.3. The van der Waals surface area contributed by atoms with E-state index < -0.39 is 0 Å². The summed E-state index contributed by atoms with van der Waals surface area (Å²) in [4.78, 5) is 7.64. The molecule has 1 aliphatic heterocycles. The van der Waals surface area contributed by atoms with Crippen molar-refractivity contribution in [1.82, 2.24) is 15.6 Å². The molecule has 4 nitrogen and oxygen atoms in total. The SMILES string of the molecule is c1ccc2c(c1)[N]C(NCc1ccc3[nH]ccc3c1)=N2. The van der Waals surface area contributed by atoms with E-state index in [2.05, 4.69) is 44.9 Å². The third kappa shape index (κ3) is 1.91. The first kappa shape index (κ1) is 11.1. The van der Waals surface area contributed by atoms with Crippen LogP contribution in [0, 0.1) is 0 Å². The summed E-state index contributed by atoms with van der Waals surface area (Å²) in [6.07, 6.45) is 1.95. The van der Waals surface area contributed by atoms with Crippen LogP contribution >= 0.6 is 0 Å². The quantitative estimate of drug-likeness (QED) is 0.731. The molecule has 4 rings (SSSR count). The molecule has 20 heavy (non-hydrogen) atoms. The Kier molecular flexibility index (Phi) is 2.45. The summed E-state index contributed by atoms with van der Waals surface area (Å²) >= 11 is 0. The van der Waals surface area contributed by atoms with Crippen molar-refractivity contribution in [3.05, 3.63) is 60.3 Å². The van der Waals surface area contributed by atoms with Gasteiger partial charge in [0.25, 0.3) is 0 Å². The van der Waals surface area contributed by atoms with Crippen LogP contribution in [-0.4, -0.2) is 10.9 Å². The van der Waals surface area contributed by atoms with Crippen molar-refractivity contribution in [2.75, 3.05) is 0 Å². The van der Waals surface area contributed by atoms with Gasteiger partial charge >= 0.3 is 0 Å². The zero-order valence-electron chi connectivity index (χ0n) is 10.8. The van der Waals surface area contributed by atoms with E-state index in [-0.39, 0.29) is 0 Å². The minimum atomic E-state index is 0.681. The van der Waals surface area contributed by atoms with Gasteiger partial charge in [-0.1, -0.05) is 18.2 Å². The molecular weight excluding hydrogens is 248 g/mol. The van der Waals surface area contributed by atoms with Crippen LogP contribution in [0.5, 0.6) is 0 Å². The maximum atomic E-state index is 4.45. The molecule has 0 saturated carbocycles. The first-order valence-corrected chi connectivity index (χ1v) is 6.58. The molecule has 1 radical (unpaired) electrons. The minimum absolute atomic E-state index is 0.681. The number of para-hydroxylation sites is 2. The Hall–Kier alpha value is -2.75. The maximum absolute atomic E-state index is 4.45. The third-order valence-electron chi connectivity index (χ3n) is 3.40. The molecule has 1 aromatic heterocycles. The van der Waals surface area contributed by atoms with Crippen molar-refractivity contribution in [2.24, 2.45) is 4.99 Å². The standard InChI is InChI=1S/C16H13N4/c1-2-4-15-14(3-1)19-16(20-15)18-10-11-5-6-13-12(9-11)7-8-17-13/h1-9,17H,10H2,(H,18,19). The van der Waals surface area contributed by atoms with Gasteiger partial charge in [0.2, 0.25) is 5.96 Å². The fraction of sp³-hybridized carbons (Fsp3) is 0.0625. The van der Waals surface area contributed by atoms with Gasteiger partial charge in [-0.05, 0) is 41.3 Å². The largest absolute Gasteiger partial charge is 0.361 e. The van der Waals surface area contributed by atoms with E-state index >= 15 is 0 Å². The summed E-state index contributed by atoms with van der Waals surface area (Å²) in [5.41, 5.74) is 4.22. The molecule has 0 amide bonds. The molecule has 3 aromatic rings. The highest BCUT2D eigenvalue weighted by Crippen LogP contribution is 2.28. The Morgan fingerprint density at radius 2 is 1.90 bits per heavy atom. The van der Waals surface area contributed by atoms with Gasteiger partial charge in [0.05, 0.1) is 11.4 Å². The molecule has 2 N–H and O–H groups in total. The van der Waals surface area contributed by atoms with Crippen LogP contribution in [0.1, 0.15) is 5.56 Å². The van der Waals surface area contributed by atoms with Crippen LogP contribution in [0.3, 0.4) is 0 Å². The van der Waals surface area contributed by atoms with Crippen LogP contribution in [-0.2, 0) is 6.54 Å².